The average Bonchev–Trinajstić information content (AvgIpc) is 3.14. The maximum absolute atomic E-state index is 12.5. The molecule has 2 N–H and O–H groups in total. The van der Waals surface area contributed by atoms with Crippen LogP contribution in [0.3, 0.4) is 0 Å². The third kappa shape index (κ3) is 5.64. The Hall–Kier alpha value is -3.26. The van der Waals surface area contributed by atoms with Crippen LogP contribution in [0.15, 0.2) is 47.8 Å². The minimum atomic E-state index is -0.732. The number of carbonyl (C=O) groups excluding carboxylic acids is 3. The zero-order chi connectivity index (χ0) is 21.5. The number of nitrogens with zero attached hydrogens (tertiary/aromatic N) is 1. The molecule has 0 unspecified atom stereocenters. The second-order valence-corrected chi connectivity index (χ2v) is 7.58. The van der Waals surface area contributed by atoms with Crippen molar-refractivity contribution in [3.63, 3.8) is 0 Å². The summed E-state index contributed by atoms with van der Waals surface area (Å²) in [4.78, 5) is 40.6. The summed E-state index contributed by atoms with van der Waals surface area (Å²) in [5, 5.41) is 9.53. The number of hydrogen-bond acceptors (Lipinski definition) is 6. The Morgan fingerprint density at radius 1 is 1.10 bits per heavy atom. The average molecular weight is 426 g/mol. The fourth-order valence-electron chi connectivity index (χ4n) is 3.00. The Balaban J connectivity index is 1.54. The quantitative estimate of drug-likeness (QED) is 0.541. The van der Waals surface area contributed by atoms with E-state index in [-0.39, 0.29) is 30.6 Å². The van der Waals surface area contributed by atoms with E-state index in [1.54, 1.807) is 19.2 Å². The van der Waals surface area contributed by atoms with Gasteiger partial charge in [-0.2, -0.15) is 0 Å². The molecule has 7 nitrogen and oxygen atoms in total. The van der Waals surface area contributed by atoms with Crippen molar-refractivity contribution in [2.24, 2.45) is 0 Å². The van der Waals surface area contributed by atoms with Crippen LogP contribution in [0.25, 0.3) is 10.8 Å². The van der Waals surface area contributed by atoms with Crippen molar-refractivity contribution in [3.05, 3.63) is 59.1 Å². The van der Waals surface area contributed by atoms with Crippen LogP contribution in [-0.4, -0.2) is 35.4 Å². The number of aromatic nitrogens is 1. The third-order valence-corrected chi connectivity index (χ3v) is 5.22. The first-order valence-corrected chi connectivity index (χ1v) is 10.5. The molecule has 0 aliphatic carbocycles. The van der Waals surface area contributed by atoms with Gasteiger partial charge in [0.15, 0.2) is 5.13 Å². The molecule has 0 radical (unpaired) electrons. The number of nitrogens with one attached hydrogen (secondary N) is 2. The Morgan fingerprint density at radius 2 is 1.87 bits per heavy atom. The minimum Gasteiger partial charge on any atom is -0.466 e. The predicted molar refractivity (Wildman–Crippen MR) is 116 cm³/mol. The van der Waals surface area contributed by atoms with E-state index >= 15 is 0 Å². The molecule has 0 fully saturated rings. The Kier molecular flexibility index (Phi) is 7.13. The van der Waals surface area contributed by atoms with Crippen molar-refractivity contribution in [1.82, 2.24) is 10.3 Å². The zero-order valence-electron chi connectivity index (χ0n) is 16.8. The number of rotatable bonds is 8. The van der Waals surface area contributed by atoms with E-state index < -0.39 is 6.04 Å². The Morgan fingerprint density at radius 3 is 2.67 bits per heavy atom. The van der Waals surface area contributed by atoms with Crippen LogP contribution in [0, 0.1) is 0 Å². The largest absolute Gasteiger partial charge is 0.466 e. The van der Waals surface area contributed by atoms with Crippen LogP contribution in [0.1, 0.15) is 25.1 Å². The van der Waals surface area contributed by atoms with Gasteiger partial charge in [0.05, 0.1) is 25.1 Å². The Bertz CT molecular complexity index is 1060. The van der Waals surface area contributed by atoms with Crippen molar-refractivity contribution in [2.45, 2.75) is 32.7 Å². The number of esters is 1. The SMILES string of the molecule is CCOC(=O)Cc1csc(NC(=O)[C@@H](C)NC(=O)Cc2cccc3ccccc23)n1. The van der Waals surface area contributed by atoms with E-state index in [0.29, 0.717) is 17.4 Å². The van der Waals surface area contributed by atoms with Gasteiger partial charge in [-0.3, -0.25) is 14.4 Å². The van der Waals surface area contributed by atoms with Crippen LogP contribution < -0.4 is 10.6 Å². The molecular weight excluding hydrogens is 402 g/mol. The van der Waals surface area contributed by atoms with Crippen molar-refractivity contribution in [2.75, 3.05) is 11.9 Å². The second kappa shape index (κ2) is 9.98. The molecule has 0 saturated heterocycles. The lowest BCUT2D eigenvalue weighted by molar-refractivity contribution is -0.142. The number of fused-ring (bicyclic) bond motifs is 1. The summed E-state index contributed by atoms with van der Waals surface area (Å²) >= 11 is 1.21. The molecule has 1 heterocycles. The van der Waals surface area contributed by atoms with Crippen molar-refractivity contribution in [1.29, 1.82) is 0 Å². The zero-order valence-corrected chi connectivity index (χ0v) is 17.6. The molecule has 156 valence electrons. The van der Waals surface area contributed by atoms with Crippen LogP contribution in [0.4, 0.5) is 5.13 Å². The van der Waals surface area contributed by atoms with E-state index in [1.807, 2.05) is 42.5 Å². The van der Waals surface area contributed by atoms with Gasteiger partial charge in [-0.1, -0.05) is 42.5 Å². The molecule has 1 atom stereocenters. The normalized spacial score (nSPS) is 11.7. The fourth-order valence-corrected chi connectivity index (χ4v) is 3.71. The van der Waals surface area contributed by atoms with E-state index in [9.17, 15) is 14.4 Å². The first kappa shape index (κ1) is 21.4. The lowest BCUT2D eigenvalue weighted by Crippen LogP contribution is -2.42. The molecule has 2 aromatic carbocycles. The van der Waals surface area contributed by atoms with Gasteiger partial charge >= 0.3 is 5.97 Å². The third-order valence-electron chi connectivity index (χ3n) is 4.41. The van der Waals surface area contributed by atoms with Gasteiger partial charge in [-0.25, -0.2) is 4.98 Å². The van der Waals surface area contributed by atoms with Crippen LogP contribution in [0.5, 0.6) is 0 Å². The van der Waals surface area contributed by atoms with E-state index in [4.69, 9.17) is 4.74 Å². The monoisotopic (exact) mass is 425 g/mol. The molecule has 0 saturated carbocycles. The molecule has 3 rings (SSSR count). The van der Waals surface area contributed by atoms with Gasteiger partial charge < -0.3 is 15.4 Å². The first-order valence-electron chi connectivity index (χ1n) is 9.63. The van der Waals surface area contributed by atoms with Gasteiger partial charge in [0.25, 0.3) is 0 Å². The number of carbonyl (C=O) groups is 3. The summed E-state index contributed by atoms with van der Waals surface area (Å²) in [6.45, 7) is 3.66. The molecule has 0 spiro atoms. The van der Waals surface area contributed by atoms with E-state index in [0.717, 1.165) is 16.3 Å². The van der Waals surface area contributed by atoms with Crippen molar-refractivity contribution < 1.29 is 19.1 Å². The molecule has 2 amide bonds. The standard InChI is InChI=1S/C22H23N3O4S/c1-3-29-20(27)12-17-13-30-22(24-17)25-21(28)14(2)23-19(26)11-16-9-6-8-15-7-4-5-10-18(15)16/h4-10,13-14H,3,11-12H2,1-2H3,(H,23,26)(H,24,25,28)/t14-/m1/s1. The maximum Gasteiger partial charge on any atom is 0.311 e. The minimum absolute atomic E-state index is 0.0531. The highest BCUT2D eigenvalue weighted by molar-refractivity contribution is 7.13. The molecule has 0 bridgehead atoms. The van der Waals surface area contributed by atoms with E-state index in [2.05, 4.69) is 15.6 Å². The highest BCUT2D eigenvalue weighted by Gasteiger charge is 2.18. The highest BCUT2D eigenvalue weighted by atomic mass is 32.1. The summed E-state index contributed by atoms with van der Waals surface area (Å²) < 4.78 is 4.88. The summed E-state index contributed by atoms with van der Waals surface area (Å²) in [5.41, 5.74) is 1.43. The molecule has 0 aliphatic rings. The Labute approximate surface area is 178 Å². The number of amides is 2. The van der Waals surface area contributed by atoms with Crippen molar-refractivity contribution >= 4 is 45.0 Å². The number of hydrogen-bond donors (Lipinski definition) is 2. The lowest BCUT2D eigenvalue weighted by atomic mass is 10.0. The molecule has 0 aliphatic heterocycles. The molecule has 1 aromatic heterocycles. The van der Waals surface area contributed by atoms with Crippen LogP contribution in [-0.2, 0) is 32.0 Å². The molecular formula is C22H23N3O4S. The smallest absolute Gasteiger partial charge is 0.311 e. The predicted octanol–water partition coefficient (Wildman–Crippen LogP) is 3.09. The van der Waals surface area contributed by atoms with Gasteiger partial charge in [0, 0.05) is 5.38 Å². The summed E-state index contributed by atoms with van der Waals surface area (Å²) in [7, 11) is 0. The fraction of sp³-hybridized carbons (Fsp3) is 0.273. The number of anilines is 1. The number of thiazole rings is 1. The van der Waals surface area contributed by atoms with E-state index in [1.165, 1.54) is 11.3 Å². The number of benzene rings is 2. The maximum atomic E-state index is 12.5. The highest BCUT2D eigenvalue weighted by Crippen LogP contribution is 2.19. The molecule has 8 heteroatoms. The molecule has 3 aromatic rings. The van der Waals surface area contributed by atoms with Crippen LogP contribution in [0.2, 0.25) is 0 Å². The number of ether oxygens (including phenoxy) is 1. The first-order chi connectivity index (χ1) is 14.5. The van der Waals surface area contributed by atoms with Gasteiger partial charge in [0.2, 0.25) is 11.8 Å². The molecule has 30 heavy (non-hydrogen) atoms. The summed E-state index contributed by atoms with van der Waals surface area (Å²) in [6, 6.07) is 13.0. The summed E-state index contributed by atoms with van der Waals surface area (Å²) in [6.07, 6.45) is 0.234. The van der Waals surface area contributed by atoms with Gasteiger partial charge in [0.1, 0.15) is 6.04 Å². The lowest BCUT2D eigenvalue weighted by Gasteiger charge is -2.13. The van der Waals surface area contributed by atoms with Gasteiger partial charge in [-0.05, 0) is 30.2 Å². The van der Waals surface area contributed by atoms with Gasteiger partial charge in [-0.15, -0.1) is 11.3 Å². The second-order valence-electron chi connectivity index (χ2n) is 6.72. The van der Waals surface area contributed by atoms with Crippen LogP contribution >= 0.6 is 11.3 Å². The summed E-state index contributed by atoms with van der Waals surface area (Å²) in [5.74, 6) is -0.982. The van der Waals surface area contributed by atoms with Crippen molar-refractivity contribution in [3.8, 4) is 0 Å². The topological polar surface area (TPSA) is 97.4 Å².